The standard InChI is InChI=1S/C11H20N2S/c1-11(2,3)8-9(12-4)7-10-13-5-6-14-10/h5-6,9,12H,7-8H2,1-4H3. The third-order valence-corrected chi connectivity index (χ3v) is 2.97. The van der Waals surface area contributed by atoms with Crippen molar-refractivity contribution in [3.63, 3.8) is 0 Å². The molecule has 0 aliphatic carbocycles. The van der Waals surface area contributed by atoms with Crippen molar-refractivity contribution in [2.75, 3.05) is 7.05 Å². The van der Waals surface area contributed by atoms with Crippen LogP contribution in [-0.2, 0) is 6.42 Å². The molecule has 0 amide bonds. The molecule has 1 aromatic rings. The van der Waals surface area contributed by atoms with Gasteiger partial charge in [-0.3, -0.25) is 0 Å². The smallest absolute Gasteiger partial charge is 0.0940 e. The van der Waals surface area contributed by atoms with E-state index in [1.54, 1.807) is 11.3 Å². The largest absolute Gasteiger partial charge is 0.317 e. The summed E-state index contributed by atoms with van der Waals surface area (Å²) in [6.45, 7) is 6.83. The summed E-state index contributed by atoms with van der Waals surface area (Å²) in [5, 5.41) is 6.63. The van der Waals surface area contributed by atoms with Gasteiger partial charge >= 0.3 is 0 Å². The molecule has 2 nitrogen and oxygen atoms in total. The highest BCUT2D eigenvalue weighted by Crippen LogP contribution is 2.22. The van der Waals surface area contributed by atoms with Crippen molar-refractivity contribution < 1.29 is 0 Å². The Hall–Kier alpha value is -0.410. The second-order valence-corrected chi connectivity index (χ2v) is 5.86. The van der Waals surface area contributed by atoms with E-state index >= 15 is 0 Å². The quantitative estimate of drug-likeness (QED) is 0.830. The first-order valence-corrected chi connectivity index (χ1v) is 5.95. The fourth-order valence-corrected chi connectivity index (χ4v) is 2.28. The Morgan fingerprint density at radius 2 is 2.21 bits per heavy atom. The Bertz CT molecular complexity index is 249. The van der Waals surface area contributed by atoms with Crippen molar-refractivity contribution in [2.45, 2.75) is 39.7 Å². The minimum atomic E-state index is 0.380. The summed E-state index contributed by atoms with van der Waals surface area (Å²) in [5.74, 6) is 0. The number of rotatable bonds is 4. The Morgan fingerprint density at radius 3 is 2.64 bits per heavy atom. The molecule has 1 atom stereocenters. The van der Waals surface area contributed by atoms with Gasteiger partial charge in [-0.05, 0) is 18.9 Å². The first-order valence-electron chi connectivity index (χ1n) is 5.07. The molecule has 1 rings (SSSR count). The monoisotopic (exact) mass is 212 g/mol. The summed E-state index contributed by atoms with van der Waals surface area (Å²) in [5.41, 5.74) is 0.380. The first kappa shape index (κ1) is 11.7. The topological polar surface area (TPSA) is 24.9 Å². The summed E-state index contributed by atoms with van der Waals surface area (Å²) in [4.78, 5) is 4.31. The zero-order chi connectivity index (χ0) is 10.6. The van der Waals surface area contributed by atoms with E-state index in [9.17, 15) is 0 Å². The molecule has 1 unspecified atom stereocenters. The first-order chi connectivity index (χ1) is 6.51. The van der Waals surface area contributed by atoms with Crippen LogP contribution in [0.4, 0.5) is 0 Å². The van der Waals surface area contributed by atoms with Crippen LogP contribution in [0.3, 0.4) is 0 Å². The van der Waals surface area contributed by atoms with Crippen molar-refractivity contribution in [2.24, 2.45) is 5.41 Å². The molecule has 0 aliphatic rings. The molecule has 1 N–H and O–H groups in total. The fourth-order valence-electron chi connectivity index (χ4n) is 1.58. The Labute approximate surface area is 90.8 Å². The molecular weight excluding hydrogens is 192 g/mol. The molecule has 14 heavy (non-hydrogen) atoms. The van der Waals surface area contributed by atoms with E-state index in [1.165, 1.54) is 11.4 Å². The molecular formula is C11H20N2S. The van der Waals surface area contributed by atoms with Crippen molar-refractivity contribution in [3.05, 3.63) is 16.6 Å². The van der Waals surface area contributed by atoms with Crippen molar-refractivity contribution in [1.29, 1.82) is 0 Å². The molecule has 3 heteroatoms. The molecule has 80 valence electrons. The molecule has 0 fully saturated rings. The van der Waals surface area contributed by atoms with Gasteiger partial charge in [0.15, 0.2) is 0 Å². The van der Waals surface area contributed by atoms with Crippen LogP contribution in [0.25, 0.3) is 0 Å². The number of nitrogens with one attached hydrogen (secondary N) is 1. The second kappa shape index (κ2) is 4.89. The number of nitrogens with zero attached hydrogens (tertiary/aromatic N) is 1. The number of hydrogen-bond acceptors (Lipinski definition) is 3. The number of thiazole rings is 1. The normalized spacial score (nSPS) is 14.3. The SMILES string of the molecule is CNC(Cc1nccs1)CC(C)(C)C. The Balaban J connectivity index is 2.47. The second-order valence-electron chi connectivity index (χ2n) is 4.88. The van der Waals surface area contributed by atoms with Crippen LogP contribution < -0.4 is 5.32 Å². The molecule has 0 aliphatic heterocycles. The molecule has 0 spiro atoms. The zero-order valence-electron chi connectivity index (χ0n) is 9.50. The van der Waals surface area contributed by atoms with Gasteiger partial charge in [-0.25, -0.2) is 4.98 Å². The van der Waals surface area contributed by atoms with Gasteiger partial charge in [-0.2, -0.15) is 0 Å². The maximum Gasteiger partial charge on any atom is 0.0940 e. The van der Waals surface area contributed by atoms with Gasteiger partial charge in [0.05, 0.1) is 5.01 Å². The Kier molecular flexibility index (Phi) is 4.08. The maximum atomic E-state index is 4.31. The highest BCUT2D eigenvalue weighted by atomic mass is 32.1. The van der Waals surface area contributed by atoms with Crippen molar-refractivity contribution in [3.8, 4) is 0 Å². The molecule has 1 aromatic heterocycles. The van der Waals surface area contributed by atoms with Crippen LogP contribution in [0.1, 0.15) is 32.2 Å². The van der Waals surface area contributed by atoms with Gasteiger partial charge in [-0.15, -0.1) is 11.3 Å². The van der Waals surface area contributed by atoms with Crippen LogP contribution in [0, 0.1) is 5.41 Å². The van der Waals surface area contributed by atoms with Crippen molar-refractivity contribution in [1.82, 2.24) is 10.3 Å². The van der Waals surface area contributed by atoms with Gasteiger partial charge in [0, 0.05) is 24.0 Å². The minimum Gasteiger partial charge on any atom is -0.317 e. The number of aromatic nitrogens is 1. The molecule has 0 saturated carbocycles. The van der Waals surface area contributed by atoms with Crippen LogP contribution >= 0.6 is 11.3 Å². The third kappa shape index (κ3) is 4.20. The van der Waals surface area contributed by atoms with Crippen LogP contribution in [0.15, 0.2) is 11.6 Å². The maximum absolute atomic E-state index is 4.31. The summed E-state index contributed by atoms with van der Waals surface area (Å²) in [7, 11) is 2.03. The molecule has 0 aromatic carbocycles. The minimum absolute atomic E-state index is 0.380. The number of hydrogen-bond donors (Lipinski definition) is 1. The molecule has 0 radical (unpaired) electrons. The molecule has 1 heterocycles. The van der Waals surface area contributed by atoms with Gasteiger partial charge in [0.25, 0.3) is 0 Å². The van der Waals surface area contributed by atoms with E-state index in [0.717, 1.165) is 6.42 Å². The van der Waals surface area contributed by atoms with Gasteiger partial charge in [-0.1, -0.05) is 20.8 Å². The lowest BCUT2D eigenvalue weighted by Crippen LogP contribution is -2.31. The predicted molar refractivity (Wildman–Crippen MR) is 62.7 cm³/mol. The fraction of sp³-hybridized carbons (Fsp3) is 0.727. The summed E-state index contributed by atoms with van der Waals surface area (Å²) >= 11 is 1.74. The van der Waals surface area contributed by atoms with Gasteiger partial charge < -0.3 is 5.32 Å². The van der Waals surface area contributed by atoms with Gasteiger partial charge in [0.2, 0.25) is 0 Å². The highest BCUT2D eigenvalue weighted by Gasteiger charge is 2.18. The van der Waals surface area contributed by atoms with E-state index in [4.69, 9.17) is 0 Å². The van der Waals surface area contributed by atoms with Crippen LogP contribution in [-0.4, -0.2) is 18.1 Å². The van der Waals surface area contributed by atoms with E-state index < -0.39 is 0 Å². The summed E-state index contributed by atoms with van der Waals surface area (Å²) < 4.78 is 0. The van der Waals surface area contributed by atoms with Gasteiger partial charge in [0.1, 0.15) is 0 Å². The van der Waals surface area contributed by atoms with E-state index in [-0.39, 0.29) is 0 Å². The van der Waals surface area contributed by atoms with E-state index in [2.05, 4.69) is 31.1 Å². The van der Waals surface area contributed by atoms with Crippen molar-refractivity contribution >= 4 is 11.3 Å². The third-order valence-electron chi connectivity index (χ3n) is 2.17. The molecule has 0 bridgehead atoms. The lowest BCUT2D eigenvalue weighted by atomic mass is 9.87. The predicted octanol–water partition coefficient (Wildman–Crippen LogP) is 2.71. The molecule has 0 saturated heterocycles. The average molecular weight is 212 g/mol. The zero-order valence-corrected chi connectivity index (χ0v) is 10.3. The highest BCUT2D eigenvalue weighted by molar-refractivity contribution is 7.09. The summed E-state index contributed by atoms with van der Waals surface area (Å²) in [6.07, 6.45) is 4.11. The number of likely N-dealkylation sites (N-methyl/N-ethyl adjacent to an activating group) is 1. The summed E-state index contributed by atoms with van der Waals surface area (Å²) in [6, 6.07) is 0.543. The van der Waals surface area contributed by atoms with Crippen LogP contribution in [0.2, 0.25) is 0 Å². The lowest BCUT2D eigenvalue weighted by molar-refractivity contribution is 0.316. The van der Waals surface area contributed by atoms with Crippen LogP contribution in [0.5, 0.6) is 0 Å². The Morgan fingerprint density at radius 1 is 1.50 bits per heavy atom. The van der Waals surface area contributed by atoms with E-state index in [0.29, 0.717) is 11.5 Å². The lowest BCUT2D eigenvalue weighted by Gasteiger charge is -2.25. The average Bonchev–Trinajstić information content (AvgIpc) is 2.53. The van der Waals surface area contributed by atoms with E-state index in [1.807, 2.05) is 18.6 Å².